The van der Waals surface area contributed by atoms with Crippen LogP contribution in [0.15, 0.2) is 88.8 Å². The molecule has 1 aromatic heterocycles. The van der Waals surface area contributed by atoms with Gasteiger partial charge in [-0.1, -0.05) is 66.4 Å². The second-order valence-corrected chi connectivity index (χ2v) is 8.77. The van der Waals surface area contributed by atoms with E-state index in [0.717, 1.165) is 18.4 Å². The molecule has 0 bridgehead atoms. The average molecular weight is 417 g/mol. The fraction of sp³-hybridized carbons (Fsp3) is 0.240. The number of ether oxygens (including phenoxy) is 1. The molecule has 0 fully saturated rings. The van der Waals surface area contributed by atoms with Gasteiger partial charge in [-0.2, -0.15) is 0 Å². The molecule has 5 rings (SSSR count). The first kappa shape index (κ1) is 19.1. The van der Waals surface area contributed by atoms with Crippen molar-refractivity contribution >= 4 is 11.8 Å². The molecule has 152 valence electrons. The number of benzene rings is 2. The number of rotatable bonds is 5. The number of fused-ring (bicyclic) bond motifs is 1. The lowest BCUT2D eigenvalue weighted by atomic mass is 10.1. The van der Waals surface area contributed by atoms with E-state index < -0.39 is 0 Å². The summed E-state index contributed by atoms with van der Waals surface area (Å²) in [5, 5.41) is 2.17. The zero-order valence-electron chi connectivity index (χ0n) is 16.9. The van der Waals surface area contributed by atoms with Gasteiger partial charge in [0, 0.05) is 24.0 Å². The van der Waals surface area contributed by atoms with Gasteiger partial charge in [0.1, 0.15) is 12.4 Å². The normalized spacial score (nSPS) is 18.4. The molecule has 1 aliphatic heterocycles. The van der Waals surface area contributed by atoms with Crippen molar-refractivity contribution in [3.63, 3.8) is 0 Å². The highest BCUT2D eigenvalue weighted by molar-refractivity contribution is 8.02. The van der Waals surface area contributed by atoms with Crippen molar-refractivity contribution in [1.82, 2.24) is 9.47 Å². The SMILES string of the molecule is CC1=CSC(n2ccc(OCc3ccccc3)cc2=O)N1C1Cc2ccccc2C1. The summed E-state index contributed by atoms with van der Waals surface area (Å²) in [5.41, 5.74) is 5.05. The van der Waals surface area contributed by atoms with Crippen LogP contribution >= 0.6 is 11.8 Å². The highest BCUT2D eigenvalue weighted by Gasteiger charge is 2.35. The Bertz CT molecular complexity index is 1110. The van der Waals surface area contributed by atoms with Gasteiger partial charge in [0.05, 0.1) is 0 Å². The van der Waals surface area contributed by atoms with Gasteiger partial charge in [0.15, 0.2) is 5.50 Å². The first-order chi connectivity index (χ1) is 14.7. The van der Waals surface area contributed by atoms with E-state index in [-0.39, 0.29) is 11.1 Å². The van der Waals surface area contributed by atoms with Crippen molar-refractivity contribution in [1.29, 1.82) is 0 Å². The Morgan fingerprint density at radius 1 is 1.00 bits per heavy atom. The van der Waals surface area contributed by atoms with Crippen LogP contribution in [0.1, 0.15) is 29.1 Å². The summed E-state index contributed by atoms with van der Waals surface area (Å²) in [6, 6.07) is 22.5. The van der Waals surface area contributed by atoms with Gasteiger partial charge >= 0.3 is 0 Å². The third-order valence-corrected chi connectivity index (χ3v) is 7.01. The predicted molar refractivity (Wildman–Crippen MR) is 121 cm³/mol. The van der Waals surface area contributed by atoms with E-state index in [1.165, 1.54) is 16.8 Å². The molecule has 0 saturated carbocycles. The maximum Gasteiger partial charge on any atom is 0.256 e. The van der Waals surface area contributed by atoms with E-state index in [9.17, 15) is 4.79 Å². The zero-order valence-corrected chi connectivity index (χ0v) is 17.7. The van der Waals surface area contributed by atoms with Crippen molar-refractivity contribution in [2.24, 2.45) is 0 Å². The Morgan fingerprint density at radius 2 is 1.70 bits per heavy atom. The molecule has 0 spiro atoms. The van der Waals surface area contributed by atoms with Crippen molar-refractivity contribution in [3.05, 3.63) is 111 Å². The molecular formula is C25H24N2O2S. The largest absolute Gasteiger partial charge is 0.489 e. The minimum Gasteiger partial charge on any atom is -0.489 e. The number of thioether (sulfide) groups is 1. The van der Waals surface area contributed by atoms with Gasteiger partial charge in [-0.3, -0.25) is 9.36 Å². The summed E-state index contributed by atoms with van der Waals surface area (Å²) >= 11 is 1.69. The van der Waals surface area contributed by atoms with Crippen molar-refractivity contribution in [2.45, 2.75) is 37.9 Å². The molecule has 30 heavy (non-hydrogen) atoms. The van der Waals surface area contributed by atoms with Crippen LogP contribution in [-0.4, -0.2) is 15.5 Å². The quantitative estimate of drug-likeness (QED) is 0.589. The van der Waals surface area contributed by atoms with E-state index in [1.54, 1.807) is 17.8 Å². The Morgan fingerprint density at radius 3 is 2.40 bits per heavy atom. The average Bonchev–Trinajstić information content (AvgIpc) is 3.36. The van der Waals surface area contributed by atoms with Crippen LogP contribution in [0.5, 0.6) is 5.75 Å². The van der Waals surface area contributed by atoms with E-state index in [0.29, 0.717) is 18.4 Å². The predicted octanol–water partition coefficient (Wildman–Crippen LogP) is 4.96. The van der Waals surface area contributed by atoms with Crippen LogP contribution in [0.2, 0.25) is 0 Å². The van der Waals surface area contributed by atoms with Gasteiger partial charge < -0.3 is 9.64 Å². The van der Waals surface area contributed by atoms with E-state index in [1.807, 2.05) is 47.2 Å². The number of aromatic nitrogens is 1. The molecule has 1 atom stereocenters. The molecule has 1 aliphatic carbocycles. The molecule has 0 N–H and O–H groups in total. The fourth-order valence-corrected chi connectivity index (χ4v) is 5.56. The summed E-state index contributed by atoms with van der Waals surface area (Å²) in [7, 11) is 0. The van der Waals surface area contributed by atoms with Gasteiger partial charge in [-0.15, -0.1) is 0 Å². The minimum atomic E-state index is -0.0556. The van der Waals surface area contributed by atoms with Crippen LogP contribution in [0.3, 0.4) is 0 Å². The van der Waals surface area contributed by atoms with E-state index >= 15 is 0 Å². The third kappa shape index (κ3) is 3.65. The van der Waals surface area contributed by atoms with Crippen molar-refractivity contribution < 1.29 is 4.74 Å². The Hall–Kier alpha value is -2.92. The Labute approximate surface area is 180 Å². The molecule has 0 amide bonds. The number of hydrogen-bond acceptors (Lipinski definition) is 4. The summed E-state index contributed by atoms with van der Waals surface area (Å²) < 4.78 is 7.65. The lowest BCUT2D eigenvalue weighted by Gasteiger charge is -2.34. The van der Waals surface area contributed by atoms with Gasteiger partial charge in [-0.05, 0) is 47.9 Å². The molecule has 2 aromatic carbocycles. The standard InChI is InChI=1S/C25H24N2O2S/c1-18-17-30-25(27(18)22-13-20-9-5-6-10-21(20)14-22)26-12-11-23(15-24(26)28)29-16-19-7-3-2-4-8-19/h2-12,15,17,22,25H,13-14,16H2,1H3. The fourth-order valence-electron chi connectivity index (χ4n) is 4.34. The lowest BCUT2D eigenvalue weighted by molar-refractivity contribution is 0.203. The minimum absolute atomic E-state index is 0.0401. The maximum atomic E-state index is 12.9. The number of allylic oxidation sites excluding steroid dienone is 1. The Kier molecular flexibility index (Phi) is 5.13. The second-order valence-electron chi connectivity index (χ2n) is 7.84. The summed E-state index contributed by atoms with van der Waals surface area (Å²) in [6.45, 7) is 2.59. The molecule has 1 unspecified atom stereocenters. The Balaban J connectivity index is 1.34. The molecular weight excluding hydrogens is 392 g/mol. The molecule has 0 saturated heterocycles. The van der Waals surface area contributed by atoms with E-state index in [4.69, 9.17) is 4.74 Å². The van der Waals surface area contributed by atoms with Crippen LogP contribution < -0.4 is 10.3 Å². The van der Waals surface area contributed by atoms with Gasteiger partial charge in [-0.25, -0.2) is 0 Å². The van der Waals surface area contributed by atoms with Crippen LogP contribution in [0.25, 0.3) is 0 Å². The van der Waals surface area contributed by atoms with Crippen molar-refractivity contribution in [2.75, 3.05) is 0 Å². The lowest BCUT2D eigenvalue weighted by Crippen LogP contribution is -2.39. The van der Waals surface area contributed by atoms with Crippen molar-refractivity contribution in [3.8, 4) is 5.75 Å². The molecule has 2 heterocycles. The van der Waals surface area contributed by atoms with Gasteiger partial charge in [0.2, 0.25) is 0 Å². The van der Waals surface area contributed by atoms with Gasteiger partial charge in [0.25, 0.3) is 5.56 Å². The third-order valence-electron chi connectivity index (χ3n) is 5.83. The molecule has 4 nitrogen and oxygen atoms in total. The smallest absolute Gasteiger partial charge is 0.256 e. The topological polar surface area (TPSA) is 34.5 Å². The molecule has 2 aliphatic rings. The molecule has 0 radical (unpaired) electrons. The maximum absolute atomic E-state index is 12.9. The number of hydrogen-bond donors (Lipinski definition) is 0. The number of nitrogens with zero attached hydrogens (tertiary/aromatic N) is 2. The van der Waals surface area contributed by atoms with Crippen LogP contribution in [-0.2, 0) is 19.4 Å². The van der Waals surface area contributed by atoms with Crippen LogP contribution in [0.4, 0.5) is 0 Å². The highest BCUT2D eigenvalue weighted by atomic mass is 32.2. The first-order valence-electron chi connectivity index (χ1n) is 10.3. The monoisotopic (exact) mass is 416 g/mol. The van der Waals surface area contributed by atoms with Crippen LogP contribution in [0, 0.1) is 0 Å². The summed E-state index contributed by atoms with van der Waals surface area (Å²) in [5.74, 6) is 0.604. The molecule has 3 aromatic rings. The molecule has 5 heteroatoms. The summed E-state index contributed by atoms with van der Waals surface area (Å²) in [6.07, 6.45) is 3.90. The summed E-state index contributed by atoms with van der Waals surface area (Å²) in [4.78, 5) is 15.3. The van der Waals surface area contributed by atoms with E-state index in [2.05, 4.69) is 41.5 Å². The number of pyridine rings is 1. The first-order valence-corrected chi connectivity index (χ1v) is 11.2. The second kappa shape index (κ2) is 8.07. The highest BCUT2D eigenvalue weighted by Crippen LogP contribution is 2.42. The zero-order chi connectivity index (χ0) is 20.5.